The van der Waals surface area contributed by atoms with Gasteiger partial charge in [-0.2, -0.15) is 0 Å². The van der Waals surface area contributed by atoms with E-state index in [0.717, 1.165) is 24.8 Å². The monoisotopic (exact) mass is 191 g/mol. The Morgan fingerprint density at radius 3 is 2.00 bits per heavy atom. The molecule has 0 spiro atoms. The molecule has 0 nitrogen and oxygen atoms in total. The Hall–Kier alpha value is -0.780. The highest BCUT2D eigenvalue weighted by Gasteiger charge is 1.89. The first kappa shape index (κ1) is 13.2. The number of rotatable bonds is 6. The van der Waals surface area contributed by atoms with Crippen LogP contribution in [0.3, 0.4) is 0 Å². The minimum Gasteiger partial charge on any atom is -0.0856 e. The zero-order valence-corrected chi connectivity index (χ0v) is 10.1. The molecule has 14 heavy (non-hydrogen) atoms. The molecule has 1 radical (unpaired) electrons. The largest absolute Gasteiger partial charge is 0.0856 e. The normalized spacial score (nSPS) is 11.3. The van der Waals surface area contributed by atoms with Crippen molar-refractivity contribution in [2.45, 2.75) is 53.4 Å². The SMILES string of the molecule is [CH]=C(C)CCC=C(C)CCC=C(C)C. The Morgan fingerprint density at radius 1 is 0.929 bits per heavy atom. The molecule has 0 rings (SSSR count). The van der Waals surface area contributed by atoms with Crippen molar-refractivity contribution in [3.05, 3.63) is 35.5 Å². The fourth-order valence-corrected chi connectivity index (χ4v) is 1.24. The third-order valence-corrected chi connectivity index (χ3v) is 2.12. The molecule has 0 aromatic carbocycles. The van der Waals surface area contributed by atoms with E-state index in [-0.39, 0.29) is 0 Å². The maximum atomic E-state index is 5.60. The van der Waals surface area contributed by atoms with E-state index in [2.05, 4.69) is 32.9 Å². The molecule has 0 unspecified atom stereocenters. The third kappa shape index (κ3) is 9.31. The van der Waals surface area contributed by atoms with Crippen molar-refractivity contribution in [3.63, 3.8) is 0 Å². The van der Waals surface area contributed by atoms with Crippen molar-refractivity contribution >= 4 is 0 Å². The molecule has 0 heteroatoms. The molecule has 0 saturated heterocycles. The first-order valence-corrected chi connectivity index (χ1v) is 5.39. The molecular weight excluding hydrogens is 168 g/mol. The maximum Gasteiger partial charge on any atom is -0.0285 e. The summed E-state index contributed by atoms with van der Waals surface area (Å²) in [5.41, 5.74) is 3.91. The van der Waals surface area contributed by atoms with Crippen LogP contribution in [0.4, 0.5) is 0 Å². The summed E-state index contributed by atoms with van der Waals surface area (Å²) >= 11 is 0. The third-order valence-electron chi connectivity index (χ3n) is 2.12. The lowest BCUT2D eigenvalue weighted by Gasteiger charge is -1.99. The van der Waals surface area contributed by atoms with E-state index < -0.39 is 0 Å². The van der Waals surface area contributed by atoms with Crippen LogP contribution in [0, 0.1) is 6.58 Å². The molecule has 0 fully saturated rings. The molecule has 0 aliphatic heterocycles. The number of hydrogen-bond donors (Lipinski definition) is 0. The highest BCUT2D eigenvalue weighted by molar-refractivity contribution is 5.03. The van der Waals surface area contributed by atoms with Gasteiger partial charge in [0, 0.05) is 0 Å². The lowest BCUT2D eigenvalue weighted by Crippen LogP contribution is -1.79. The van der Waals surface area contributed by atoms with Crippen molar-refractivity contribution in [1.29, 1.82) is 0 Å². The van der Waals surface area contributed by atoms with E-state index in [4.69, 9.17) is 6.58 Å². The molecule has 0 aromatic heterocycles. The molecule has 0 aromatic rings. The van der Waals surface area contributed by atoms with E-state index in [1.807, 2.05) is 6.92 Å². The fraction of sp³-hybridized carbons (Fsp3) is 0.571. The fourth-order valence-electron chi connectivity index (χ4n) is 1.24. The van der Waals surface area contributed by atoms with Gasteiger partial charge in [0.2, 0.25) is 0 Å². The van der Waals surface area contributed by atoms with Gasteiger partial charge < -0.3 is 0 Å². The summed E-state index contributed by atoms with van der Waals surface area (Å²) in [6, 6.07) is 0. The van der Waals surface area contributed by atoms with Crippen LogP contribution in [0.25, 0.3) is 0 Å². The molecule has 0 heterocycles. The highest BCUT2D eigenvalue weighted by atomic mass is 14.0. The Morgan fingerprint density at radius 2 is 1.50 bits per heavy atom. The smallest absolute Gasteiger partial charge is 0.0285 e. The van der Waals surface area contributed by atoms with Gasteiger partial charge in [0.05, 0.1) is 0 Å². The second-order valence-corrected chi connectivity index (χ2v) is 4.26. The van der Waals surface area contributed by atoms with Crippen LogP contribution in [0.1, 0.15) is 53.4 Å². The molecule has 0 aliphatic rings. The highest BCUT2D eigenvalue weighted by Crippen LogP contribution is 2.10. The van der Waals surface area contributed by atoms with Crippen LogP contribution in [0.2, 0.25) is 0 Å². The summed E-state index contributed by atoms with van der Waals surface area (Å²) in [6.07, 6.45) is 9.03. The number of hydrogen-bond acceptors (Lipinski definition) is 0. The summed E-state index contributed by atoms with van der Waals surface area (Å²) in [4.78, 5) is 0. The molecule has 0 aliphatic carbocycles. The molecule has 79 valence electrons. The van der Waals surface area contributed by atoms with Crippen LogP contribution in [0.5, 0.6) is 0 Å². The molecule has 0 bridgehead atoms. The average molecular weight is 191 g/mol. The van der Waals surface area contributed by atoms with E-state index >= 15 is 0 Å². The van der Waals surface area contributed by atoms with Crippen molar-refractivity contribution in [2.24, 2.45) is 0 Å². The quantitative estimate of drug-likeness (QED) is 0.527. The maximum absolute atomic E-state index is 5.60. The van der Waals surface area contributed by atoms with Crippen molar-refractivity contribution in [3.8, 4) is 0 Å². The minimum atomic E-state index is 1.01. The van der Waals surface area contributed by atoms with Gasteiger partial charge in [0.25, 0.3) is 0 Å². The van der Waals surface area contributed by atoms with Crippen molar-refractivity contribution in [1.82, 2.24) is 0 Å². The van der Waals surface area contributed by atoms with E-state index in [0.29, 0.717) is 0 Å². The Kier molecular flexibility index (Phi) is 7.18. The Labute approximate surface area is 89.4 Å². The summed E-state index contributed by atoms with van der Waals surface area (Å²) in [5.74, 6) is 0. The predicted octanol–water partition coefficient (Wildman–Crippen LogP) is 4.84. The van der Waals surface area contributed by atoms with Gasteiger partial charge in [0.15, 0.2) is 0 Å². The zero-order valence-electron chi connectivity index (χ0n) is 10.1. The molecule has 0 atom stereocenters. The van der Waals surface area contributed by atoms with Gasteiger partial charge in [0.1, 0.15) is 0 Å². The van der Waals surface area contributed by atoms with E-state index in [1.54, 1.807) is 0 Å². The van der Waals surface area contributed by atoms with Crippen LogP contribution in [-0.4, -0.2) is 0 Å². The van der Waals surface area contributed by atoms with Crippen LogP contribution < -0.4 is 0 Å². The predicted molar refractivity (Wildman–Crippen MR) is 65.1 cm³/mol. The van der Waals surface area contributed by atoms with Gasteiger partial charge in [-0.15, -0.1) is 0 Å². The zero-order chi connectivity index (χ0) is 11.0. The van der Waals surface area contributed by atoms with E-state index in [9.17, 15) is 0 Å². The summed E-state index contributed by atoms with van der Waals surface area (Å²) < 4.78 is 0. The standard InChI is InChI=1S/C14H23/c1-12(2)8-6-10-14(5)11-7-9-13(3)4/h1,9-10H,6-8,11H2,2-5H3. The van der Waals surface area contributed by atoms with Crippen molar-refractivity contribution in [2.75, 3.05) is 0 Å². The second-order valence-electron chi connectivity index (χ2n) is 4.26. The van der Waals surface area contributed by atoms with Crippen LogP contribution in [0.15, 0.2) is 28.9 Å². The lowest BCUT2D eigenvalue weighted by molar-refractivity contribution is 0.919. The first-order valence-electron chi connectivity index (χ1n) is 5.39. The summed E-state index contributed by atoms with van der Waals surface area (Å²) in [7, 11) is 0. The van der Waals surface area contributed by atoms with Crippen LogP contribution >= 0.6 is 0 Å². The lowest BCUT2D eigenvalue weighted by atomic mass is 10.1. The van der Waals surface area contributed by atoms with Gasteiger partial charge >= 0.3 is 0 Å². The van der Waals surface area contributed by atoms with Gasteiger partial charge in [-0.1, -0.05) is 35.5 Å². The Balaban J connectivity index is 3.67. The number of allylic oxidation sites excluding steroid dienone is 5. The average Bonchev–Trinajstić information content (AvgIpc) is 2.02. The topological polar surface area (TPSA) is 0 Å². The molecular formula is C14H23. The van der Waals surface area contributed by atoms with E-state index in [1.165, 1.54) is 17.6 Å². The summed E-state index contributed by atoms with van der Waals surface area (Å²) in [6.45, 7) is 14.1. The Bertz CT molecular complexity index is 224. The van der Waals surface area contributed by atoms with Crippen molar-refractivity contribution < 1.29 is 0 Å². The molecule has 0 amide bonds. The first-order chi connectivity index (χ1) is 6.52. The van der Waals surface area contributed by atoms with Gasteiger partial charge in [-0.3, -0.25) is 0 Å². The summed E-state index contributed by atoms with van der Waals surface area (Å²) in [5, 5.41) is 0. The second kappa shape index (κ2) is 7.61. The molecule has 0 saturated carbocycles. The van der Waals surface area contributed by atoms with Gasteiger partial charge in [-0.05, 0) is 53.4 Å². The van der Waals surface area contributed by atoms with Crippen LogP contribution in [-0.2, 0) is 0 Å². The van der Waals surface area contributed by atoms with Gasteiger partial charge in [-0.25, -0.2) is 0 Å². The molecule has 0 N–H and O–H groups in total. The minimum absolute atomic E-state index is 1.01.